The van der Waals surface area contributed by atoms with E-state index in [2.05, 4.69) is 31.9 Å². The molecule has 1 rings (SSSR count). The Bertz CT molecular complexity index is 395. The van der Waals surface area contributed by atoms with Crippen LogP contribution in [0.5, 0.6) is 0 Å². The third kappa shape index (κ3) is 10.8. The van der Waals surface area contributed by atoms with Gasteiger partial charge >= 0.3 is 0 Å². The van der Waals surface area contributed by atoms with Crippen LogP contribution >= 0.6 is 0 Å². The number of guanidine groups is 2. The molecule has 0 aromatic rings. The van der Waals surface area contributed by atoms with Crippen LogP contribution in [-0.4, -0.2) is 98.6 Å². The van der Waals surface area contributed by atoms with Crippen molar-refractivity contribution < 1.29 is 0 Å². The van der Waals surface area contributed by atoms with Gasteiger partial charge in [0.25, 0.3) is 0 Å². The summed E-state index contributed by atoms with van der Waals surface area (Å²) in [6.07, 6.45) is 1.97. The first-order valence-electron chi connectivity index (χ1n) is 9.31. The van der Waals surface area contributed by atoms with E-state index in [1.807, 2.05) is 0 Å². The van der Waals surface area contributed by atoms with Crippen molar-refractivity contribution in [3.63, 3.8) is 0 Å². The molecule has 0 atom stereocenters. The zero-order valence-corrected chi connectivity index (χ0v) is 15.7. The van der Waals surface area contributed by atoms with Crippen LogP contribution in [-0.2, 0) is 0 Å². The van der Waals surface area contributed by atoms with Crippen molar-refractivity contribution in [2.45, 2.75) is 19.8 Å². The summed E-state index contributed by atoms with van der Waals surface area (Å²) in [7, 11) is 0. The Hall–Kier alpha value is -1.58. The number of hydrogen-bond donors (Lipinski definition) is 5. The fourth-order valence-electron chi connectivity index (χ4n) is 2.98. The second kappa shape index (κ2) is 12.7. The van der Waals surface area contributed by atoms with E-state index in [1.165, 1.54) is 0 Å². The quantitative estimate of drug-likeness (QED) is 0.192. The minimum Gasteiger partial charge on any atom is -0.370 e. The first kappa shape index (κ1) is 21.5. The minimum atomic E-state index is 0.0496. The van der Waals surface area contributed by atoms with Gasteiger partial charge in [0, 0.05) is 58.9 Å². The number of nitrogens with two attached hydrogens (primary N) is 3. The molecule has 0 spiro atoms. The van der Waals surface area contributed by atoms with Gasteiger partial charge in [-0.05, 0) is 25.9 Å². The third-order valence-electron chi connectivity index (χ3n) is 4.54. The van der Waals surface area contributed by atoms with E-state index in [0.29, 0.717) is 6.54 Å². The Morgan fingerprint density at radius 2 is 1.44 bits per heavy atom. The van der Waals surface area contributed by atoms with E-state index < -0.39 is 0 Å². The number of nitrogens with one attached hydrogen (secondary N) is 2. The van der Waals surface area contributed by atoms with Crippen LogP contribution in [0.15, 0.2) is 4.99 Å². The molecule has 1 aliphatic rings. The van der Waals surface area contributed by atoms with E-state index in [9.17, 15) is 0 Å². The van der Waals surface area contributed by atoms with Gasteiger partial charge in [0.1, 0.15) is 0 Å². The summed E-state index contributed by atoms with van der Waals surface area (Å²) in [6, 6.07) is 0. The fraction of sp³-hybridized carbons (Fsp3) is 0.875. The van der Waals surface area contributed by atoms with E-state index in [-0.39, 0.29) is 11.9 Å². The number of aliphatic imine (C=N–C) groups is 1. The summed E-state index contributed by atoms with van der Waals surface area (Å²) in [5.74, 6) is 0.223. The predicted molar refractivity (Wildman–Crippen MR) is 105 cm³/mol. The lowest BCUT2D eigenvalue weighted by Gasteiger charge is -2.25. The molecule has 1 aliphatic heterocycles. The van der Waals surface area contributed by atoms with Gasteiger partial charge in [0.2, 0.25) is 0 Å². The van der Waals surface area contributed by atoms with E-state index in [0.717, 1.165) is 78.3 Å². The first-order chi connectivity index (χ1) is 12.0. The average molecular weight is 356 g/mol. The van der Waals surface area contributed by atoms with Gasteiger partial charge in [-0.2, -0.15) is 0 Å². The monoisotopic (exact) mass is 355 g/mol. The molecule has 0 bridgehead atoms. The van der Waals surface area contributed by atoms with E-state index in [4.69, 9.17) is 22.6 Å². The number of rotatable bonds is 9. The molecule has 1 saturated heterocycles. The largest absolute Gasteiger partial charge is 0.370 e. The molecule has 0 saturated carbocycles. The van der Waals surface area contributed by atoms with Crippen molar-refractivity contribution in [3.8, 4) is 0 Å². The second-order valence-electron chi connectivity index (χ2n) is 6.47. The Labute approximate surface area is 152 Å². The highest BCUT2D eigenvalue weighted by Crippen LogP contribution is 2.02. The maximum Gasteiger partial charge on any atom is 0.185 e. The van der Waals surface area contributed by atoms with Gasteiger partial charge in [0.15, 0.2) is 11.9 Å². The number of likely N-dealkylation sites (N-methyl/N-ethyl adjacent to an activating group) is 1. The molecule has 9 nitrogen and oxygen atoms in total. The molecular weight excluding hydrogens is 318 g/mol. The molecule has 25 heavy (non-hydrogen) atoms. The third-order valence-corrected chi connectivity index (χ3v) is 4.54. The Morgan fingerprint density at radius 3 is 1.92 bits per heavy atom. The number of hydrogen-bond acceptors (Lipinski definition) is 5. The van der Waals surface area contributed by atoms with Crippen LogP contribution in [0.25, 0.3) is 0 Å². The summed E-state index contributed by atoms with van der Waals surface area (Å²) in [5.41, 5.74) is 16.1. The van der Waals surface area contributed by atoms with E-state index >= 15 is 0 Å². The van der Waals surface area contributed by atoms with Crippen LogP contribution in [0.4, 0.5) is 0 Å². The van der Waals surface area contributed by atoms with Crippen molar-refractivity contribution in [3.05, 3.63) is 0 Å². The van der Waals surface area contributed by atoms with E-state index in [1.54, 1.807) is 0 Å². The molecule has 8 N–H and O–H groups in total. The van der Waals surface area contributed by atoms with Gasteiger partial charge in [-0.25, -0.2) is 0 Å². The van der Waals surface area contributed by atoms with Crippen LogP contribution < -0.4 is 22.5 Å². The molecule has 0 aromatic carbocycles. The normalized spacial score (nSPS) is 18.1. The smallest absolute Gasteiger partial charge is 0.185 e. The minimum absolute atomic E-state index is 0.0496. The van der Waals surface area contributed by atoms with Gasteiger partial charge in [0.05, 0.1) is 0 Å². The van der Waals surface area contributed by atoms with Gasteiger partial charge < -0.3 is 37.2 Å². The average Bonchev–Trinajstić information content (AvgIpc) is 2.66. The van der Waals surface area contributed by atoms with Crippen molar-refractivity contribution in [2.24, 2.45) is 22.2 Å². The molecule has 0 radical (unpaired) electrons. The van der Waals surface area contributed by atoms with Crippen molar-refractivity contribution in [1.82, 2.24) is 20.0 Å². The lowest BCUT2D eigenvalue weighted by Crippen LogP contribution is -2.38. The SMILES string of the molecule is CCN1CCN(CCCN=C(N)N)CCN(CCCNC(=N)N)CC1. The lowest BCUT2D eigenvalue weighted by molar-refractivity contribution is 0.217. The van der Waals surface area contributed by atoms with Crippen molar-refractivity contribution in [2.75, 3.05) is 72.0 Å². The molecule has 9 heteroatoms. The predicted octanol–water partition coefficient (Wildman–Crippen LogP) is -1.54. The summed E-state index contributed by atoms with van der Waals surface area (Å²) in [5, 5.41) is 10.1. The van der Waals surface area contributed by atoms with Gasteiger partial charge in [-0.15, -0.1) is 0 Å². The summed E-state index contributed by atoms with van der Waals surface area (Å²) < 4.78 is 0. The number of nitrogens with zero attached hydrogens (tertiary/aromatic N) is 4. The van der Waals surface area contributed by atoms with Crippen LogP contribution in [0.2, 0.25) is 0 Å². The molecule has 0 amide bonds. The van der Waals surface area contributed by atoms with Gasteiger partial charge in [-0.3, -0.25) is 10.4 Å². The lowest BCUT2D eigenvalue weighted by atomic mass is 10.3. The molecule has 0 unspecified atom stereocenters. The fourth-order valence-corrected chi connectivity index (χ4v) is 2.98. The molecule has 1 fully saturated rings. The van der Waals surface area contributed by atoms with Crippen LogP contribution in [0.3, 0.4) is 0 Å². The topological polar surface area (TPSA) is 136 Å². The van der Waals surface area contributed by atoms with Crippen LogP contribution in [0, 0.1) is 5.41 Å². The zero-order chi connectivity index (χ0) is 18.5. The summed E-state index contributed by atoms with van der Waals surface area (Å²) in [6.45, 7) is 13.3. The molecular formula is C16H37N9. The Kier molecular flexibility index (Phi) is 10.9. The highest BCUT2D eigenvalue weighted by atomic mass is 15.3. The first-order valence-corrected chi connectivity index (χ1v) is 9.31. The Morgan fingerprint density at radius 1 is 0.920 bits per heavy atom. The molecule has 1 heterocycles. The zero-order valence-electron chi connectivity index (χ0n) is 15.7. The maximum absolute atomic E-state index is 7.21. The van der Waals surface area contributed by atoms with Gasteiger partial charge in [-0.1, -0.05) is 6.92 Å². The molecule has 0 aromatic heterocycles. The highest BCUT2D eigenvalue weighted by molar-refractivity contribution is 5.75. The second-order valence-corrected chi connectivity index (χ2v) is 6.47. The summed E-state index contributed by atoms with van der Waals surface area (Å²) >= 11 is 0. The summed E-state index contributed by atoms with van der Waals surface area (Å²) in [4.78, 5) is 11.6. The highest BCUT2D eigenvalue weighted by Gasteiger charge is 2.15. The molecule has 0 aliphatic carbocycles. The van der Waals surface area contributed by atoms with Crippen molar-refractivity contribution >= 4 is 11.9 Å². The van der Waals surface area contributed by atoms with Crippen LogP contribution in [0.1, 0.15) is 19.8 Å². The standard InChI is InChI=1S/C16H37N9/c1-2-23-9-11-24(7-3-5-21-15(17)18)13-14-25(12-10-23)8-4-6-22-16(19)20/h2-14H2,1H3,(H4,17,18,21)(H4,19,20,22). The Balaban J connectivity index is 2.43. The maximum atomic E-state index is 7.21. The van der Waals surface area contributed by atoms with Crippen molar-refractivity contribution in [1.29, 1.82) is 5.41 Å². The molecule has 146 valence electrons.